The first-order chi connectivity index (χ1) is 7.54. The summed E-state index contributed by atoms with van der Waals surface area (Å²) in [5, 5.41) is 30.4. The largest absolute Gasteiger partial charge is 0.409 e. The number of aliphatic hydroxyl groups excluding tert-OH is 2. The van der Waals surface area contributed by atoms with Gasteiger partial charge in [-0.2, -0.15) is 0 Å². The molecule has 2 atom stereocenters. The topological polar surface area (TPSA) is 102 Å². The van der Waals surface area contributed by atoms with Crippen LogP contribution in [0, 0.1) is 5.41 Å². The number of hydrogen-bond acceptors (Lipinski definition) is 5. The van der Waals surface area contributed by atoms with E-state index < -0.39 is 12.2 Å². The minimum atomic E-state index is -0.639. The lowest BCUT2D eigenvalue weighted by Gasteiger charge is -2.22. The Morgan fingerprint density at radius 2 is 1.88 bits per heavy atom. The normalized spacial score (nSPS) is 34.2. The number of likely N-dealkylation sites (tertiary alicyclic amines) is 1. The molecule has 2 aliphatic rings. The highest BCUT2D eigenvalue weighted by molar-refractivity contribution is 5.80. The van der Waals surface area contributed by atoms with Crippen molar-refractivity contribution in [3.63, 3.8) is 0 Å². The van der Waals surface area contributed by atoms with Gasteiger partial charge >= 0.3 is 0 Å². The zero-order chi connectivity index (χ0) is 11.8. The highest BCUT2D eigenvalue weighted by Crippen LogP contribution is 2.49. The summed E-state index contributed by atoms with van der Waals surface area (Å²) in [5.41, 5.74) is 5.61. The van der Waals surface area contributed by atoms with E-state index in [2.05, 4.69) is 5.16 Å². The summed E-state index contributed by atoms with van der Waals surface area (Å²) in [6.45, 7) is 1.83. The fraction of sp³-hybridized carbons (Fsp3) is 0.900. The third kappa shape index (κ3) is 2.45. The Bertz CT molecular complexity index is 281. The molecular weight excluding hydrogens is 210 g/mol. The molecule has 0 aromatic rings. The van der Waals surface area contributed by atoms with Gasteiger partial charge in [0.1, 0.15) is 5.84 Å². The van der Waals surface area contributed by atoms with Gasteiger partial charge in [-0.3, -0.25) is 4.90 Å². The molecule has 6 nitrogen and oxygen atoms in total. The molecule has 92 valence electrons. The molecule has 0 radical (unpaired) electrons. The highest BCUT2D eigenvalue weighted by atomic mass is 16.4. The average molecular weight is 229 g/mol. The van der Waals surface area contributed by atoms with Crippen molar-refractivity contribution in [1.82, 2.24) is 4.90 Å². The number of β-amino-alcohol motifs (C(OH)–C–C–N with tert-alkyl or cyclic N) is 2. The predicted molar refractivity (Wildman–Crippen MR) is 58.1 cm³/mol. The van der Waals surface area contributed by atoms with E-state index in [-0.39, 0.29) is 11.3 Å². The summed E-state index contributed by atoms with van der Waals surface area (Å²) in [6, 6.07) is 0. The lowest BCUT2D eigenvalue weighted by atomic mass is 10.0. The van der Waals surface area contributed by atoms with E-state index in [4.69, 9.17) is 10.9 Å². The van der Waals surface area contributed by atoms with E-state index in [9.17, 15) is 10.2 Å². The standard InChI is InChI=1S/C10H19N3O3/c11-9(12-16)3-10(1-2-10)6-13-4-7(14)8(15)5-13/h7-8,14-16H,1-6H2,(H2,11,12). The second-order valence-corrected chi connectivity index (χ2v) is 5.10. The van der Waals surface area contributed by atoms with Gasteiger partial charge in [0.2, 0.25) is 0 Å². The first-order valence-electron chi connectivity index (χ1n) is 5.59. The van der Waals surface area contributed by atoms with Gasteiger partial charge in [0.05, 0.1) is 12.2 Å². The smallest absolute Gasteiger partial charge is 0.139 e. The molecule has 16 heavy (non-hydrogen) atoms. The van der Waals surface area contributed by atoms with Crippen molar-refractivity contribution in [2.45, 2.75) is 31.5 Å². The second kappa shape index (κ2) is 4.20. The second-order valence-electron chi connectivity index (χ2n) is 5.10. The average Bonchev–Trinajstić information content (AvgIpc) is 2.89. The Hall–Kier alpha value is -0.850. The summed E-state index contributed by atoms with van der Waals surface area (Å²) in [5.74, 6) is 0.262. The van der Waals surface area contributed by atoms with Crippen molar-refractivity contribution in [3.8, 4) is 0 Å². The van der Waals surface area contributed by atoms with Crippen LogP contribution >= 0.6 is 0 Å². The summed E-state index contributed by atoms with van der Waals surface area (Å²) in [7, 11) is 0. The molecule has 1 saturated carbocycles. The number of nitrogens with two attached hydrogens (primary N) is 1. The third-order valence-electron chi connectivity index (χ3n) is 3.54. The summed E-state index contributed by atoms with van der Waals surface area (Å²) in [6.07, 6.45) is 1.43. The number of aliphatic hydroxyl groups is 2. The molecular formula is C10H19N3O3. The van der Waals surface area contributed by atoms with Crippen LogP contribution in [0.2, 0.25) is 0 Å². The van der Waals surface area contributed by atoms with Crippen molar-refractivity contribution in [2.24, 2.45) is 16.3 Å². The molecule has 0 aromatic carbocycles. The molecule has 0 amide bonds. The zero-order valence-corrected chi connectivity index (χ0v) is 9.21. The molecule has 1 aliphatic heterocycles. The minimum absolute atomic E-state index is 0.0973. The van der Waals surface area contributed by atoms with E-state index in [1.807, 2.05) is 4.90 Å². The molecule has 0 aromatic heterocycles. The highest BCUT2D eigenvalue weighted by Gasteiger charge is 2.46. The summed E-state index contributed by atoms with van der Waals surface area (Å²) in [4.78, 5) is 2.05. The molecule has 1 heterocycles. The van der Waals surface area contributed by atoms with E-state index in [0.717, 1.165) is 19.4 Å². The molecule has 2 unspecified atom stereocenters. The predicted octanol–water partition coefficient (Wildman–Crippen LogP) is -1.06. The Morgan fingerprint density at radius 3 is 2.31 bits per heavy atom. The van der Waals surface area contributed by atoms with Crippen LogP contribution in [0.15, 0.2) is 5.16 Å². The molecule has 0 bridgehead atoms. The number of oxime groups is 1. The number of amidine groups is 1. The molecule has 1 aliphatic carbocycles. The number of hydrogen-bond donors (Lipinski definition) is 4. The monoisotopic (exact) mass is 229 g/mol. The Morgan fingerprint density at radius 1 is 1.31 bits per heavy atom. The molecule has 5 N–H and O–H groups in total. The van der Waals surface area contributed by atoms with Gasteiger partial charge in [-0.1, -0.05) is 5.16 Å². The maximum Gasteiger partial charge on any atom is 0.139 e. The molecule has 0 spiro atoms. The van der Waals surface area contributed by atoms with E-state index >= 15 is 0 Å². The number of rotatable bonds is 4. The van der Waals surface area contributed by atoms with Crippen molar-refractivity contribution >= 4 is 5.84 Å². The Balaban J connectivity index is 1.86. The van der Waals surface area contributed by atoms with Gasteiger partial charge in [0.15, 0.2) is 0 Å². The van der Waals surface area contributed by atoms with Crippen molar-refractivity contribution < 1.29 is 15.4 Å². The van der Waals surface area contributed by atoms with Crippen molar-refractivity contribution in [1.29, 1.82) is 0 Å². The quantitative estimate of drug-likeness (QED) is 0.213. The van der Waals surface area contributed by atoms with E-state index in [1.165, 1.54) is 0 Å². The Labute approximate surface area is 94.3 Å². The minimum Gasteiger partial charge on any atom is -0.409 e. The Kier molecular flexibility index (Phi) is 3.05. The van der Waals surface area contributed by atoms with Crippen LogP contribution in [-0.4, -0.2) is 58.0 Å². The fourth-order valence-corrected chi connectivity index (χ4v) is 2.44. The lowest BCUT2D eigenvalue weighted by Crippen LogP contribution is -2.32. The lowest BCUT2D eigenvalue weighted by molar-refractivity contribution is 0.0572. The van der Waals surface area contributed by atoms with Crippen molar-refractivity contribution in [2.75, 3.05) is 19.6 Å². The molecule has 2 rings (SSSR count). The van der Waals surface area contributed by atoms with Gasteiger partial charge in [0, 0.05) is 26.1 Å². The summed E-state index contributed by atoms with van der Waals surface area (Å²) < 4.78 is 0. The third-order valence-corrected chi connectivity index (χ3v) is 3.54. The van der Waals surface area contributed by atoms with Crippen molar-refractivity contribution in [3.05, 3.63) is 0 Å². The van der Waals surface area contributed by atoms with Crippen LogP contribution in [0.5, 0.6) is 0 Å². The van der Waals surface area contributed by atoms with Crippen LogP contribution in [0.3, 0.4) is 0 Å². The number of nitrogens with zero attached hydrogens (tertiary/aromatic N) is 2. The van der Waals surface area contributed by atoms with Crippen LogP contribution in [0.25, 0.3) is 0 Å². The summed E-state index contributed by atoms with van der Waals surface area (Å²) >= 11 is 0. The van der Waals surface area contributed by atoms with Crippen LogP contribution in [0.1, 0.15) is 19.3 Å². The molecule has 6 heteroatoms. The van der Waals surface area contributed by atoms with Gasteiger partial charge in [-0.05, 0) is 18.3 Å². The first kappa shape index (κ1) is 11.6. The maximum absolute atomic E-state index is 9.43. The van der Waals surface area contributed by atoms with Gasteiger partial charge in [-0.15, -0.1) is 0 Å². The van der Waals surface area contributed by atoms with E-state index in [0.29, 0.717) is 19.5 Å². The van der Waals surface area contributed by atoms with Gasteiger partial charge < -0.3 is 21.2 Å². The van der Waals surface area contributed by atoms with Gasteiger partial charge in [0.25, 0.3) is 0 Å². The van der Waals surface area contributed by atoms with Crippen LogP contribution in [-0.2, 0) is 0 Å². The SMILES string of the molecule is NC(CC1(CN2CC(O)C(O)C2)CC1)=NO. The molecule has 2 fully saturated rings. The van der Waals surface area contributed by atoms with Crippen LogP contribution in [0.4, 0.5) is 0 Å². The fourth-order valence-electron chi connectivity index (χ4n) is 2.44. The first-order valence-corrected chi connectivity index (χ1v) is 5.59. The van der Waals surface area contributed by atoms with Gasteiger partial charge in [-0.25, -0.2) is 0 Å². The maximum atomic E-state index is 9.43. The molecule has 1 saturated heterocycles. The van der Waals surface area contributed by atoms with Crippen LogP contribution < -0.4 is 5.73 Å². The van der Waals surface area contributed by atoms with E-state index in [1.54, 1.807) is 0 Å². The zero-order valence-electron chi connectivity index (χ0n) is 9.21.